The van der Waals surface area contributed by atoms with Gasteiger partial charge in [-0.3, -0.25) is 4.90 Å². The van der Waals surface area contributed by atoms with Gasteiger partial charge in [0, 0.05) is 44.8 Å². The van der Waals surface area contributed by atoms with Gasteiger partial charge in [0.25, 0.3) is 0 Å². The number of fused-ring (bicyclic) bond motifs is 6. The van der Waals surface area contributed by atoms with Crippen molar-refractivity contribution in [1.82, 2.24) is 9.97 Å². The molecule has 10 rings (SSSR count). The van der Waals surface area contributed by atoms with Gasteiger partial charge in [0.2, 0.25) is 0 Å². The van der Waals surface area contributed by atoms with E-state index in [9.17, 15) is 0 Å². The van der Waals surface area contributed by atoms with Crippen LogP contribution >= 0.6 is 0 Å². The number of aromatic nitrogens is 2. The lowest BCUT2D eigenvalue weighted by Gasteiger charge is -2.28. The van der Waals surface area contributed by atoms with Gasteiger partial charge in [-0.05, 0) is 69.8 Å². The molecule has 9 aromatic rings. The molecule has 4 heteroatoms. The minimum absolute atomic E-state index is 0.163. The largest absolute Gasteiger partial charge is 0.456 e. The fraction of sp³-hybridized carbons (Fsp3) is 0.0612. The smallest absolute Gasteiger partial charge is 0.162 e. The quantitative estimate of drug-likeness (QED) is 0.175. The first-order valence-electron chi connectivity index (χ1n) is 18.1. The van der Waals surface area contributed by atoms with Crippen LogP contribution in [0.25, 0.3) is 66.8 Å². The number of nitrogens with zero attached hydrogens (tertiary/aromatic N) is 3. The van der Waals surface area contributed by atoms with Crippen molar-refractivity contribution in [2.45, 2.75) is 19.3 Å². The van der Waals surface area contributed by atoms with Crippen molar-refractivity contribution in [1.29, 1.82) is 0 Å². The van der Waals surface area contributed by atoms with Crippen molar-refractivity contribution in [3.05, 3.63) is 187 Å². The van der Waals surface area contributed by atoms with Gasteiger partial charge < -0.3 is 4.42 Å². The average molecular weight is 682 g/mol. The van der Waals surface area contributed by atoms with Gasteiger partial charge in [0.1, 0.15) is 17.0 Å². The van der Waals surface area contributed by atoms with E-state index in [4.69, 9.17) is 14.4 Å². The van der Waals surface area contributed by atoms with E-state index >= 15 is 0 Å². The summed E-state index contributed by atoms with van der Waals surface area (Å²) in [5.74, 6) is 1.41. The molecule has 0 amide bonds. The number of furan rings is 1. The van der Waals surface area contributed by atoms with E-state index in [0.717, 1.165) is 67.1 Å². The van der Waals surface area contributed by atoms with Crippen molar-refractivity contribution in [3.8, 4) is 44.9 Å². The Labute approximate surface area is 308 Å². The van der Waals surface area contributed by atoms with Crippen LogP contribution in [-0.4, -0.2) is 9.97 Å². The third kappa shape index (κ3) is 5.14. The average Bonchev–Trinajstić information content (AvgIpc) is 3.71. The van der Waals surface area contributed by atoms with Crippen LogP contribution in [0.4, 0.5) is 17.2 Å². The molecule has 0 saturated heterocycles. The zero-order valence-corrected chi connectivity index (χ0v) is 29.5. The third-order valence-electron chi connectivity index (χ3n) is 10.7. The van der Waals surface area contributed by atoms with Gasteiger partial charge in [-0.2, -0.15) is 0 Å². The minimum Gasteiger partial charge on any atom is -0.456 e. The molecule has 4 nitrogen and oxygen atoms in total. The molecule has 53 heavy (non-hydrogen) atoms. The van der Waals surface area contributed by atoms with Crippen LogP contribution in [0.1, 0.15) is 25.0 Å². The zero-order valence-electron chi connectivity index (χ0n) is 29.5. The van der Waals surface area contributed by atoms with Gasteiger partial charge in [0.05, 0.1) is 5.69 Å². The second-order valence-corrected chi connectivity index (χ2v) is 14.2. The Kier molecular flexibility index (Phi) is 7.12. The maximum Gasteiger partial charge on any atom is 0.162 e. The predicted octanol–water partition coefficient (Wildman–Crippen LogP) is 13.2. The lowest BCUT2D eigenvalue weighted by Crippen LogP contribution is -2.17. The van der Waals surface area contributed by atoms with E-state index in [-0.39, 0.29) is 5.41 Å². The third-order valence-corrected chi connectivity index (χ3v) is 10.7. The van der Waals surface area contributed by atoms with Crippen molar-refractivity contribution < 1.29 is 4.42 Å². The predicted molar refractivity (Wildman–Crippen MR) is 218 cm³/mol. The van der Waals surface area contributed by atoms with Gasteiger partial charge in [0.15, 0.2) is 5.82 Å². The lowest BCUT2D eigenvalue weighted by atomic mass is 9.82. The summed E-state index contributed by atoms with van der Waals surface area (Å²) in [4.78, 5) is 13.0. The molecule has 1 aliphatic rings. The van der Waals surface area contributed by atoms with Crippen molar-refractivity contribution in [3.63, 3.8) is 0 Å². The van der Waals surface area contributed by atoms with Crippen molar-refractivity contribution >= 4 is 39.1 Å². The van der Waals surface area contributed by atoms with Crippen LogP contribution in [0.3, 0.4) is 0 Å². The van der Waals surface area contributed by atoms with Gasteiger partial charge in [-0.25, -0.2) is 9.97 Å². The second-order valence-electron chi connectivity index (χ2n) is 14.2. The first-order valence-corrected chi connectivity index (χ1v) is 18.1. The number of rotatable bonds is 6. The normalized spacial score (nSPS) is 12.9. The molecular weight excluding hydrogens is 647 g/mol. The summed E-state index contributed by atoms with van der Waals surface area (Å²) >= 11 is 0. The number of hydrogen-bond acceptors (Lipinski definition) is 4. The lowest BCUT2D eigenvalue weighted by molar-refractivity contribution is 0.660. The van der Waals surface area contributed by atoms with Crippen molar-refractivity contribution in [2.24, 2.45) is 0 Å². The summed E-state index contributed by atoms with van der Waals surface area (Å²) in [6.45, 7) is 4.65. The molecule has 252 valence electrons. The van der Waals surface area contributed by atoms with Crippen LogP contribution in [0.2, 0.25) is 0 Å². The highest BCUT2D eigenvalue weighted by molar-refractivity contribution is 6.11. The van der Waals surface area contributed by atoms with Gasteiger partial charge >= 0.3 is 0 Å². The summed E-state index contributed by atoms with van der Waals surface area (Å²) < 4.78 is 6.32. The molecule has 2 heterocycles. The molecule has 0 saturated carbocycles. The Morgan fingerprint density at radius 3 is 1.96 bits per heavy atom. The maximum absolute atomic E-state index is 6.32. The van der Waals surface area contributed by atoms with Crippen molar-refractivity contribution in [2.75, 3.05) is 4.90 Å². The summed E-state index contributed by atoms with van der Waals surface area (Å²) in [5.41, 5.74) is 13.8. The van der Waals surface area contributed by atoms with E-state index < -0.39 is 0 Å². The fourth-order valence-electron chi connectivity index (χ4n) is 8.09. The second kappa shape index (κ2) is 12.2. The summed E-state index contributed by atoms with van der Waals surface area (Å²) in [6, 6.07) is 61.8. The molecule has 0 unspecified atom stereocenters. The van der Waals surface area contributed by atoms with Crippen LogP contribution in [0.15, 0.2) is 180 Å². The molecule has 0 aliphatic heterocycles. The van der Waals surface area contributed by atoms with Crippen LogP contribution in [0, 0.1) is 0 Å². The van der Waals surface area contributed by atoms with E-state index in [2.05, 4.69) is 164 Å². The van der Waals surface area contributed by atoms with E-state index in [1.54, 1.807) is 0 Å². The highest BCUT2D eigenvalue weighted by atomic mass is 16.3. The molecule has 0 spiro atoms. The van der Waals surface area contributed by atoms with E-state index in [1.807, 2.05) is 30.3 Å². The van der Waals surface area contributed by atoms with E-state index in [1.165, 1.54) is 22.3 Å². The fourth-order valence-corrected chi connectivity index (χ4v) is 8.09. The molecule has 0 radical (unpaired) electrons. The molecule has 0 bridgehead atoms. The summed E-state index contributed by atoms with van der Waals surface area (Å²) in [7, 11) is 0. The zero-order chi connectivity index (χ0) is 35.5. The Balaban J connectivity index is 1.24. The molecule has 1 aliphatic carbocycles. The number of para-hydroxylation sites is 1. The standard InChI is InChI=1S/C49H35N3O/c1-49(2)41-24-11-9-21-37(41)38-28-27-36(30-42(38)49)52(35-20-13-19-34(29-35)32-15-5-3-6-16-32)46-31-43(33-17-7-4-8-18-33)50-48(51-46)40-23-14-26-45-47(40)39-22-10-12-25-44(39)53-45/h3-31H,1-2H3. The van der Waals surface area contributed by atoms with Gasteiger partial charge in [-0.1, -0.05) is 147 Å². The maximum atomic E-state index is 6.32. The molecule has 2 aromatic heterocycles. The Morgan fingerprint density at radius 2 is 1.11 bits per heavy atom. The summed E-state index contributed by atoms with van der Waals surface area (Å²) in [5, 5.41) is 2.05. The van der Waals surface area contributed by atoms with E-state index in [0.29, 0.717) is 5.82 Å². The molecular formula is C49H35N3O. The number of benzene rings is 7. The first kappa shape index (κ1) is 31.0. The SMILES string of the molecule is CC1(C)c2ccccc2-c2ccc(N(c3cccc(-c4ccccc4)c3)c3cc(-c4ccccc4)nc(-c4cccc5oc6ccccc6c45)n3)cc21. The molecule has 0 atom stereocenters. The molecule has 0 N–H and O–H groups in total. The first-order chi connectivity index (χ1) is 26.0. The van der Waals surface area contributed by atoms with Crippen LogP contribution < -0.4 is 4.90 Å². The molecule has 0 fully saturated rings. The van der Waals surface area contributed by atoms with Crippen LogP contribution in [-0.2, 0) is 5.41 Å². The molecule has 7 aromatic carbocycles. The van der Waals surface area contributed by atoms with Gasteiger partial charge in [-0.15, -0.1) is 0 Å². The minimum atomic E-state index is -0.163. The topological polar surface area (TPSA) is 42.2 Å². The number of hydrogen-bond donors (Lipinski definition) is 0. The highest BCUT2D eigenvalue weighted by Gasteiger charge is 2.36. The number of anilines is 3. The Bertz CT molecular complexity index is 2820. The Hall–Kier alpha value is -6.78. The highest BCUT2D eigenvalue weighted by Crippen LogP contribution is 2.51. The monoisotopic (exact) mass is 681 g/mol. The Morgan fingerprint density at radius 1 is 0.472 bits per heavy atom. The van der Waals surface area contributed by atoms with Crippen LogP contribution in [0.5, 0.6) is 0 Å². The summed E-state index contributed by atoms with van der Waals surface area (Å²) in [6.07, 6.45) is 0.